The van der Waals surface area contributed by atoms with Gasteiger partial charge in [-0.15, -0.1) is 0 Å². The molecule has 0 radical (unpaired) electrons. The zero-order valence-corrected chi connectivity index (χ0v) is 16.8. The first-order valence-electron chi connectivity index (χ1n) is 8.14. The van der Waals surface area contributed by atoms with Gasteiger partial charge in [-0.3, -0.25) is 13.6 Å². The third-order valence-electron chi connectivity index (χ3n) is 4.23. The number of phosphoric acid groups is 1. The van der Waals surface area contributed by atoms with Crippen molar-refractivity contribution in [2.75, 3.05) is 20.0 Å². The van der Waals surface area contributed by atoms with Gasteiger partial charge >= 0.3 is 7.82 Å². The first-order chi connectivity index (χ1) is 12.8. The Morgan fingerprint density at radius 2 is 2.19 bits per heavy atom. The van der Waals surface area contributed by atoms with Crippen molar-refractivity contribution in [2.24, 2.45) is 0 Å². The van der Waals surface area contributed by atoms with Crippen LogP contribution in [0.1, 0.15) is 19.6 Å². The molecule has 27 heavy (non-hydrogen) atoms. The fourth-order valence-electron chi connectivity index (χ4n) is 3.06. The average molecular weight is 419 g/mol. The van der Waals surface area contributed by atoms with E-state index in [1.807, 2.05) is 6.92 Å². The monoisotopic (exact) mass is 419 g/mol. The smallest absolute Gasteiger partial charge is 0.374 e. The van der Waals surface area contributed by atoms with Gasteiger partial charge < -0.3 is 20.1 Å². The summed E-state index contributed by atoms with van der Waals surface area (Å²) >= 11 is 4.39. The van der Waals surface area contributed by atoms with E-state index in [1.165, 1.54) is 19.6 Å². The number of nitrogens with two attached hydrogens (primary N) is 1. The van der Waals surface area contributed by atoms with Crippen molar-refractivity contribution in [3.63, 3.8) is 0 Å². The molecule has 3 N–H and O–H groups in total. The van der Waals surface area contributed by atoms with Crippen LogP contribution >= 0.6 is 20.5 Å². The molecule has 6 atom stereocenters. The summed E-state index contributed by atoms with van der Waals surface area (Å²) < 4.78 is 35.2. The molecule has 3 heterocycles. The highest BCUT2D eigenvalue weighted by Crippen LogP contribution is 2.49. The Morgan fingerprint density at radius 1 is 1.44 bits per heavy atom. The lowest BCUT2D eigenvalue weighted by molar-refractivity contribution is -0.0501. The third kappa shape index (κ3) is 4.27. The number of methoxy groups -OCH3 is 1. The summed E-state index contributed by atoms with van der Waals surface area (Å²) in [5, 5.41) is -0.0459. The van der Waals surface area contributed by atoms with Crippen LogP contribution in [0.25, 0.3) is 11.2 Å². The molecule has 1 fully saturated rings. The lowest BCUT2D eigenvalue weighted by Gasteiger charge is -2.25. The van der Waals surface area contributed by atoms with Gasteiger partial charge in [0.25, 0.3) is 0 Å². The summed E-state index contributed by atoms with van der Waals surface area (Å²) in [4.78, 5) is 22.1. The Morgan fingerprint density at radius 3 is 2.81 bits per heavy atom. The van der Waals surface area contributed by atoms with Gasteiger partial charge in [0.05, 0.1) is 18.6 Å². The second kappa shape index (κ2) is 8.00. The molecule has 3 rings (SSSR count). The lowest BCUT2D eigenvalue weighted by Crippen LogP contribution is -2.36. The molecule has 150 valence electrons. The maximum atomic E-state index is 12.0. The molecule has 1 aliphatic heterocycles. The summed E-state index contributed by atoms with van der Waals surface area (Å²) in [6.45, 7) is 1.88. The molecule has 0 amide bonds. The number of fused-ring (bicyclic) bond motifs is 1. The number of imidazole rings is 1. The standard InChI is InChI=1S/C14H22N5O6PS/c1-7(27)4-9-10(25-26(20,21)23-3)11(22-2)13(24-9)19-6-17-8-5-16-14(15)18-12(8)19/h5-7,9-11,13,27H,4H2,1-3H3,(H,20,21)(H2,15,16,18)/t7?,9-,10+,11+,13-/m1/s1. The molecule has 2 aromatic heterocycles. The van der Waals surface area contributed by atoms with Crippen LogP contribution in [0.4, 0.5) is 5.95 Å². The molecule has 0 saturated carbocycles. The van der Waals surface area contributed by atoms with E-state index in [0.29, 0.717) is 17.6 Å². The van der Waals surface area contributed by atoms with E-state index in [4.69, 9.17) is 19.7 Å². The number of nitrogens with zero attached hydrogens (tertiary/aromatic N) is 4. The highest BCUT2D eigenvalue weighted by atomic mass is 32.1. The zero-order valence-electron chi connectivity index (χ0n) is 15.0. The van der Waals surface area contributed by atoms with Crippen LogP contribution in [0.15, 0.2) is 12.5 Å². The van der Waals surface area contributed by atoms with E-state index in [9.17, 15) is 9.46 Å². The van der Waals surface area contributed by atoms with E-state index in [1.54, 1.807) is 4.57 Å². The zero-order chi connectivity index (χ0) is 19.8. The molecule has 11 nitrogen and oxygen atoms in total. The maximum absolute atomic E-state index is 12.0. The van der Waals surface area contributed by atoms with E-state index in [-0.39, 0.29) is 11.2 Å². The topological polar surface area (TPSA) is 144 Å². The Hall–Kier alpha value is -1.27. The fraction of sp³-hybridized carbons (Fsp3) is 0.643. The largest absolute Gasteiger partial charge is 0.472 e. The van der Waals surface area contributed by atoms with Gasteiger partial charge in [0.2, 0.25) is 5.95 Å². The molecular weight excluding hydrogens is 397 g/mol. The van der Waals surface area contributed by atoms with Crippen molar-refractivity contribution in [3.05, 3.63) is 12.5 Å². The van der Waals surface area contributed by atoms with Gasteiger partial charge in [-0.05, 0) is 6.42 Å². The molecule has 0 aromatic carbocycles. The van der Waals surface area contributed by atoms with Crippen LogP contribution < -0.4 is 5.73 Å². The number of thiol groups is 1. The number of hydrogen-bond donors (Lipinski definition) is 3. The number of nitrogen functional groups attached to an aromatic ring is 1. The number of anilines is 1. The minimum Gasteiger partial charge on any atom is -0.374 e. The maximum Gasteiger partial charge on any atom is 0.472 e. The van der Waals surface area contributed by atoms with Crippen molar-refractivity contribution >= 4 is 37.6 Å². The van der Waals surface area contributed by atoms with Crippen LogP contribution in [-0.4, -0.2) is 62.2 Å². The average Bonchev–Trinajstić information content (AvgIpc) is 3.15. The summed E-state index contributed by atoms with van der Waals surface area (Å²) in [7, 11) is -1.72. The summed E-state index contributed by atoms with van der Waals surface area (Å²) in [6.07, 6.45) is 0.589. The van der Waals surface area contributed by atoms with Gasteiger partial charge in [-0.1, -0.05) is 6.92 Å². The highest BCUT2D eigenvalue weighted by molar-refractivity contribution is 7.80. The summed E-state index contributed by atoms with van der Waals surface area (Å²) in [5.41, 5.74) is 6.66. The molecule has 2 aromatic rings. The van der Waals surface area contributed by atoms with Crippen molar-refractivity contribution in [1.82, 2.24) is 19.5 Å². The quantitative estimate of drug-likeness (QED) is 0.442. The van der Waals surface area contributed by atoms with Crippen LogP contribution in [-0.2, 0) is 23.1 Å². The minimum absolute atomic E-state index is 0.0459. The van der Waals surface area contributed by atoms with Gasteiger partial charge in [0.1, 0.15) is 17.7 Å². The van der Waals surface area contributed by atoms with E-state index >= 15 is 0 Å². The predicted octanol–water partition coefficient (Wildman–Crippen LogP) is 1.16. The van der Waals surface area contributed by atoms with Gasteiger partial charge in [0.15, 0.2) is 11.9 Å². The van der Waals surface area contributed by atoms with Crippen molar-refractivity contribution in [3.8, 4) is 0 Å². The van der Waals surface area contributed by atoms with Gasteiger partial charge in [0, 0.05) is 19.5 Å². The van der Waals surface area contributed by atoms with E-state index in [2.05, 4.69) is 32.1 Å². The number of aromatic nitrogens is 4. The lowest BCUT2D eigenvalue weighted by atomic mass is 10.1. The number of phosphoric ester groups is 1. The van der Waals surface area contributed by atoms with Crippen LogP contribution in [0, 0.1) is 0 Å². The van der Waals surface area contributed by atoms with Crippen molar-refractivity contribution in [1.29, 1.82) is 0 Å². The van der Waals surface area contributed by atoms with E-state index in [0.717, 1.165) is 7.11 Å². The first kappa shape index (κ1) is 20.5. The molecule has 1 saturated heterocycles. The normalized spacial score (nSPS) is 29.1. The number of hydrogen-bond acceptors (Lipinski definition) is 10. The summed E-state index contributed by atoms with van der Waals surface area (Å²) in [6, 6.07) is 0. The minimum atomic E-state index is -4.27. The molecule has 2 unspecified atom stereocenters. The van der Waals surface area contributed by atoms with Crippen molar-refractivity contribution in [2.45, 2.75) is 43.1 Å². The van der Waals surface area contributed by atoms with Crippen LogP contribution in [0.3, 0.4) is 0 Å². The molecule has 1 aliphatic rings. The Kier molecular flexibility index (Phi) is 6.06. The molecule has 0 bridgehead atoms. The van der Waals surface area contributed by atoms with E-state index < -0.39 is 32.4 Å². The molecule has 0 spiro atoms. The fourth-order valence-corrected chi connectivity index (χ4v) is 3.92. The molecule has 0 aliphatic carbocycles. The Balaban J connectivity index is 1.99. The second-order valence-corrected chi connectivity index (χ2v) is 8.55. The Labute approximate surface area is 161 Å². The van der Waals surface area contributed by atoms with Crippen molar-refractivity contribution < 1.29 is 28.0 Å². The van der Waals surface area contributed by atoms with Gasteiger partial charge in [-0.25, -0.2) is 14.5 Å². The Bertz CT molecular complexity index is 851. The molecule has 13 heteroatoms. The number of ether oxygens (including phenoxy) is 2. The molecular formula is C14H22N5O6PS. The second-order valence-electron chi connectivity index (χ2n) is 6.16. The van der Waals surface area contributed by atoms with Crippen LogP contribution in [0.2, 0.25) is 0 Å². The SMILES string of the molecule is CO[C@H]1[C@@H](OP(=O)(O)OC)[C@@H](CC(C)S)O[C@H]1n1cnc2cnc(N)nc21. The van der Waals surface area contributed by atoms with Gasteiger partial charge in [-0.2, -0.15) is 17.6 Å². The summed E-state index contributed by atoms with van der Waals surface area (Å²) in [5.74, 6) is 0.0868. The predicted molar refractivity (Wildman–Crippen MR) is 99.2 cm³/mol. The first-order valence-corrected chi connectivity index (χ1v) is 10.1. The number of rotatable bonds is 7. The van der Waals surface area contributed by atoms with Crippen LogP contribution in [0.5, 0.6) is 0 Å². The third-order valence-corrected chi connectivity index (χ3v) is 5.41. The highest BCUT2D eigenvalue weighted by Gasteiger charge is 2.50.